The third-order valence-electron chi connectivity index (χ3n) is 0. The van der Waals surface area contributed by atoms with Gasteiger partial charge in [0.25, 0.3) is 0 Å². The summed E-state index contributed by atoms with van der Waals surface area (Å²) in [7, 11) is 0. The Kier molecular flexibility index (Phi) is 98.8. The molecule has 0 aromatic carbocycles. The maximum Gasteiger partial charge on any atom is 1.00 e. The average Bonchev–Trinajstić information content (AvgIpc) is 0. The van der Waals surface area contributed by atoms with Crippen molar-refractivity contribution < 1.29 is 119 Å². The molecule has 0 unspecified atom stereocenters. The van der Waals surface area contributed by atoms with Crippen LogP contribution >= 0.6 is 0 Å². The first kappa shape index (κ1) is 25.0. The Balaban J connectivity index is 0. The molecule has 4 heteroatoms. The smallest absolute Gasteiger partial charge is 1.00 e. The fourth-order valence-corrected chi connectivity index (χ4v) is 0. The first-order valence-electron chi connectivity index (χ1n) is 0. The van der Waals surface area contributed by atoms with E-state index in [0.29, 0.717) is 0 Å². The van der Waals surface area contributed by atoms with E-state index in [2.05, 4.69) is 0 Å². The summed E-state index contributed by atoms with van der Waals surface area (Å²) in [4.78, 5) is 0. The minimum absolute atomic E-state index is 0. The monoisotopic (exact) mass is 439 g/mol. The van der Waals surface area contributed by atoms with Gasteiger partial charge in [-0.1, -0.05) is 0 Å². The summed E-state index contributed by atoms with van der Waals surface area (Å²) in [5, 5.41) is 0. The molecule has 1 radical (unpaired) electrons. The third-order valence-corrected chi connectivity index (χ3v) is 0. The maximum atomic E-state index is 0. The van der Waals surface area contributed by atoms with Gasteiger partial charge in [-0.2, -0.15) is 0 Å². The van der Waals surface area contributed by atoms with Crippen LogP contribution < -0.4 is 18.9 Å². The van der Waals surface area contributed by atoms with E-state index < -0.39 is 0 Å². The van der Waals surface area contributed by atoms with Gasteiger partial charge in [-0.15, -0.1) is 0 Å². The van der Waals surface area contributed by atoms with Crippen LogP contribution in [-0.4, -0.2) is 0 Å². The summed E-state index contributed by atoms with van der Waals surface area (Å²) in [5.74, 6) is 0. The minimum Gasteiger partial charge on any atom is -1.00 e. The van der Waals surface area contributed by atoms with Gasteiger partial charge < -0.3 is 1.43 Å². The van der Waals surface area contributed by atoms with Gasteiger partial charge in [0.15, 0.2) is 0 Å². The molecule has 0 nitrogen and oxygen atoms in total. The van der Waals surface area contributed by atoms with Gasteiger partial charge in [-0.25, -0.2) is 0 Å². The second-order valence-corrected chi connectivity index (χ2v) is 0. The molecule has 0 saturated heterocycles. The van der Waals surface area contributed by atoms with E-state index in [1.54, 1.807) is 0 Å². The Hall–Kier alpha value is 3.81. The molecule has 0 aromatic rings. The van der Waals surface area contributed by atoms with E-state index in [1.165, 1.54) is 0 Å². The van der Waals surface area contributed by atoms with Crippen molar-refractivity contribution in [3.8, 4) is 0 Å². The first-order chi connectivity index (χ1) is 0. The fourth-order valence-electron chi connectivity index (χ4n) is 0. The van der Waals surface area contributed by atoms with Crippen molar-refractivity contribution in [3.63, 3.8) is 0 Å². The van der Waals surface area contributed by atoms with Crippen LogP contribution in [0.2, 0.25) is 0 Å². The molecule has 19 valence electrons. The van der Waals surface area contributed by atoms with Crippen molar-refractivity contribution in [2.24, 2.45) is 0 Å². The van der Waals surface area contributed by atoms with E-state index in [4.69, 9.17) is 0 Å². The largest absolute Gasteiger partial charge is 1.00 e. The van der Waals surface area contributed by atoms with E-state index in [0.717, 1.165) is 0 Å². The van der Waals surface area contributed by atoms with E-state index in [-0.39, 0.29) is 119 Å². The predicted octanol–water partition coefficient (Wildman–Crippen LogP) is -2.89. The Morgan fingerprint density at radius 1 is 1.25 bits per heavy atom. The Labute approximate surface area is 116 Å². The summed E-state index contributed by atoms with van der Waals surface area (Å²) in [6, 6.07) is 0. The Morgan fingerprint density at radius 2 is 1.25 bits per heavy atom. The van der Waals surface area contributed by atoms with Gasteiger partial charge in [0.1, 0.15) is 0 Å². The van der Waals surface area contributed by atoms with Crippen LogP contribution in [0.25, 0.3) is 0 Å². The summed E-state index contributed by atoms with van der Waals surface area (Å²) in [6.45, 7) is 0. The van der Waals surface area contributed by atoms with Crippen LogP contribution in [0.15, 0.2) is 0 Å². The molecule has 0 aliphatic rings. The third kappa shape index (κ3) is 9.26. The zero-order chi connectivity index (χ0) is 0. The van der Waals surface area contributed by atoms with Crippen LogP contribution in [0.1, 0.15) is 1.43 Å². The molecule has 4 heavy (non-hydrogen) atoms. The van der Waals surface area contributed by atoms with Crippen molar-refractivity contribution in [3.05, 3.63) is 0 Å². The molecule has 0 rings (SSSR count). The summed E-state index contributed by atoms with van der Waals surface area (Å²) in [5.41, 5.74) is 0. The molecule has 0 aliphatic carbocycles. The van der Waals surface area contributed by atoms with Gasteiger partial charge in [0.2, 0.25) is 0 Å². The normalized spacial score (nSPS) is 0. The second-order valence-electron chi connectivity index (χ2n) is 0. The van der Waals surface area contributed by atoms with Gasteiger partial charge in [0, 0.05) is 98.5 Å². The van der Waals surface area contributed by atoms with Crippen molar-refractivity contribution in [2.45, 2.75) is 0 Å². The van der Waals surface area contributed by atoms with Gasteiger partial charge in [-0.3, -0.25) is 0 Å². The van der Waals surface area contributed by atoms with Gasteiger partial charge in [-0.05, 0) is 0 Å². The Morgan fingerprint density at radius 3 is 1.25 bits per heavy atom. The van der Waals surface area contributed by atoms with Gasteiger partial charge >= 0.3 is 18.9 Å². The van der Waals surface area contributed by atoms with Crippen molar-refractivity contribution in [2.75, 3.05) is 0 Å². The Bertz CT molecular complexity index is 11.6. The number of hydrogen-bond acceptors (Lipinski definition) is 0. The maximum absolute atomic E-state index is 0. The van der Waals surface area contributed by atoms with E-state index in [9.17, 15) is 0 Å². The van der Waals surface area contributed by atoms with Crippen LogP contribution in [0.4, 0.5) is 0 Å². The molecule has 0 heterocycles. The zero-order valence-electron chi connectivity index (χ0n) is 3.33. The SMILES string of the molecule is [Ce].[Co].[H-].[Li+].[Th]. The molecule has 0 amide bonds. The van der Waals surface area contributed by atoms with E-state index >= 15 is 0 Å². The van der Waals surface area contributed by atoms with Crippen LogP contribution in [0.3, 0.4) is 0 Å². The van der Waals surface area contributed by atoms with Crippen LogP contribution in [0, 0.1) is 81.7 Å². The molecule has 0 bridgehead atoms. The molecule has 0 fully saturated rings. The molecule has 0 aromatic heterocycles. The topological polar surface area (TPSA) is 0 Å². The molecule has 0 N–H and O–H groups in total. The van der Waals surface area contributed by atoms with Crippen LogP contribution in [-0.2, 0) is 16.8 Å². The fraction of sp³-hybridized carbons (Fsp3) is 0. The van der Waals surface area contributed by atoms with Gasteiger partial charge in [0.05, 0.1) is 0 Å². The standard InChI is InChI=1S/Ce.Co.Li.Th.H/q;;+1;;-1. The molecule has 0 spiro atoms. The summed E-state index contributed by atoms with van der Waals surface area (Å²) < 4.78 is 0. The van der Waals surface area contributed by atoms with Crippen molar-refractivity contribution >= 4 is 0 Å². The quantitative estimate of drug-likeness (QED) is 0.356. The van der Waals surface area contributed by atoms with Crippen molar-refractivity contribution in [1.82, 2.24) is 0 Å². The number of rotatable bonds is 0. The second kappa shape index (κ2) is 15.8. The molecular formula is HCeCoLiTh. The number of hydrogen-bond donors (Lipinski definition) is 0. The van der Waals surface area contributed by atoms with E-state index in [1.807, 2.05) is 0 Å². The molecule has 0 aliphatic heterocycles. The van der Waals surface area contributed by atoms with Crippen LogP contribution in [0.5, 0.6) is 0 Å². The molecular weight excluding hydrogens is 438 g/mol. The summed E-state index contributed by atoms with van der Waals surface area (Å²) >= 11 is 0. The molecule has 0 atom stereocenters. The molecule has 0 saturated carbocycles. The van der Waals surface area contributed by atoms with Crippen molar-refractivity contribution in [1.29, 1.82) is 0 Å². The minimum atomic E-state index is 0. The first-order valence-corrected chi connectivity index (χ1v) is 0. The predicted molar refractivity (Wildman–Crippen MR) is 1.11 cm³/mol. The average molecular weight is 439 g/mol. The summed E-state index contributed by atoms with van der Waals surface area (Å²) in [6.07, 6.45) is 0. The zero-order valence-corrected chi connectivity index (χ0v) is 10.6.